The molecule has 0 aromatic carbocycles. The van der Waals surface area contributed by atoms with Crippen LogP contribution in [0.1, 0.15) is 55.5 Å². The molecule has 0 spiro atoms. The van der Waals surface area contributed by atoms with Gasteiger partial charge >= 0.3 is 0 Å². The van der Waals surface area contributed by atoms with Gasteiger partial charge in [-0.05, 0) is 44.1 Å². The minimum atomic E-state index is -0.00214. The summed E-state index contributed by atoms with van der Waals surface area (Å²) in [5.41, 5.74) is 3.70. The van der Waals surface area contributed by atoms with Crippen molar-refractivity contribution in [1.82, 2.24) is 20.0 Å². The maximum absolute atomic E-state index is 13.1. The number of H-pyrrole nitrogens is 1. The first-order valence-electron chi connectivity index (χ1n) is 11.4. The second-order valence-electron chi connectivity index (χ2n) is 9.31. The van der Waals surface area contributed by atoms with Crippen LogP contribution in [-0.4, -0.2) is 70.7 Å². The summed E-state index contributed by atoms with van der Waals surface area (Å²) in [7, 11) is 0. The quantitative estimate of drug-likeness (QED) is 0.835. The van der Waals surface area contributed by atoms with Gasteiger partial charge in [-0.25, -0.2) is 0 Å². The first kappa shape index (κ1) is 19.1. The lowest BCUT2D eigenvalue weighted by Gasteiger charge is -2.35. The maximum atomic E-state index is 13.1. The molecule has 5 rings (SSSR count). The zero-order valence-electron chi connectivity index (χ0n) is 17.2. The number of nitrogens with one attached hydrogen (secondary N) is 1. The second-order valence-corrected chi connectivity index (χ2v) is 9.31. The van der Waals surface area contributed by atoms with E-state index < -0.39 is 0 Å². The van der Waals surface area contributed by atoms with Crippen molar-refractivity contribution >= 4 is 11.8 Å². The van der Waals surface area contributed by atoms with Crippen molar-refractivity contribution in [3.63, 3.8) is 0 Å². The molecule has 2 aliphatic carbocycles. The van der Waals surface area contributed by atoms with Crippen LogP contribution in [0.15, 0.2) is 0 Å². The Kier molecular flexibility index (Phi) is 5.33. The molecule has 2 atom stereocenters. The molecule has 1 aromatic rings. The molecular formula is C22H32N4O3. The fourth-order valence-electron chi connectivity index (χ4n) is 5.35. The van der Waals surface area contributed by atoms with E-state index >= 15 is 0 Å². The first-order valence-corrected chi connectivity index (χ1v) is 11.4. The molecule has 0 unspecified atom stereocenters. The zero-order chi connectivity index (χ0) is 19.8. The van der Waals surface area contributed by atoms with Crippen LogP contribution in [0.3, 0.4) is 0 Å². The molecule has 4 aliphatic rings. The molecule has 29 heavy (non-hydrogen) atoms. The molecule has 2 saturated heterocycles. The fourth-order valence-corrected chi connectivity index (χ4v) is 5.35. The molecule has 7 nitrogen and oxygen atoms in total. The predicted octanol–water partition coefficient (Wildman–Crippen LogP) is 1.71. The van der Waals surface area contributed by atoms with Gasteiger partial charge in [0.25, 0.3) is 0 Å². The Morgan fingerprint density at radius 3 is 2.76 bits per heavy atom. The lowest BCUT2D eigenvalue weighted by Crippen LogP contribution is -2.50. The number of rotatable bonds is 4. The van der Waals surface area contributed by atoms with E-state index in [0.717, 1.165) is 44.3 Å². The molecule has 3 heterocycles. The normalized spacial score (nSPS) is 27.2. The monoisotopic (exact) mass is 400 g/mol. The number of nitrogens with zero attached hydrogens (tertiary/aromatic N) is 3. The number of aromatic amines is 1. The van der Waals surface area contributed by atoms with Crippen LogP contribution in [-0.2, 0) is 33.6 Å². The Morgan fingerprint density at radius 1 is 1.07 bits per heavy atom. The number of aromatic nitrogens is 2. The van der Waals surface area contributed by atoms with Gasteiger partial charge in [-0.3, -0.25) is 14.7 Å². The molecule has 1 aromatic heterocycles. The minimum Gasteiger partial charge on any atom is -0.379 e. The Morgan fingerprint density at radius 2 is 1.93 bits per heavy atom. The number of carbonyl (C=O) groups excluding carboxylic acids is 2. The smallest absolute Gasteiger partial charge is 0.226 e. The van der Waals surface area contributed by atoms with Crippen molar-refractivity contribution in [2.75, 3.05) is 32.8 Å². The summed E-state index contributed by atoms with van der Waals surface area (Å²) in [6, 6.07) is -0.00214. The van der Waals surface area contributed by atoms with Crippen LogP contribution in [0, 0.1) is 11.8 Å². The van der Waals surface area contributed by atoms with E-state index in [1.54, 1.807) is 0 Å². The second kappa shape index (κ2) is 8.09. The van der Waals surface area contributed by atoms with Gasteiger partial charge in [0.05, 0.1) is 24.9 Å². The zero-order valence-corrected chi connectivity index (χ0v) is 17.2. The summed E-state index contributed by atoms with van der Waals surface area (Å²) in [6.07, 6.45) is 9.00. The summed E-state index contributed by atoms with van der Waals surface area (Å²) >= 11 is 0. The number of aryl methyl sites for hydroxylation is 2. The highest BCUT2D eigenvalue weighted by Gasteiger charge is 2.40. The topological polar surface area (TPSA) is 78.5 Å². The standard InChI is InChI=1S/C22H32N4O3/c27-21(9-8-20-18-6-1-2-7-19(18)23-24-20)25-10-15-11-26(17(12-25)14-29-13-15)22(28)16-4-3-5-16/h15-17H,1-14H2,(H,23,24)/t15-,17-/m0/s1. The molecular weight excluding hydrogens is 368 g/mol. The van der Waals surface area contributed by atoms with Crippen molar-refractivity contribution in [2.45, 2.75) is 63.8 Å². The minimum absolute atomic E-state index is 0.00214. The van der Waals surface area contributed by atoms with E-state index in [2.05, 4.69) is 10.2 Å². The summed E-state index contributed by atoms with van der Waals surface area (Å²) in [4.78, 5) is 30.0. The van der Waals surface area contributed by atoms with Crippen molar-refractivity contribution in [3.05, 3.63) is 17.0 Å². The number of hydrogen-bond donors (Lipinski definition) is 1. The average molecular weight is 401 g/mol. The molecule has 3 fully saturated rings. The third kappa shape index (κ3) is 3.81. The van der Waals surface area contributed by atoms with Crippen LogP contribution in [0.4, 0.5) is 0 Å². The number of ether oxygens (including phenoxy) is 1. The SMILES string of the molecule is O=C(CCc1n[nH]c2c1CCCC2)N1C[C@@H]2COC[C@H](C1)N(C(=O)C1CCC1)C2. The van der Waals surface area contributed by atoms with Crippen LogP contribution in [0.5, 0.6) is 0 Å². The third-order valence-electron chi connectivity index (χ3n) is 7.28. The van der Waals surface area contributed by atoms with Gasteiger partial charge in [0, 0.05) is 50.0 Å². The summed E-state index contributed by atoms with van der Waals surface area (Å²) in [5.74, 6) is 0.888. The number of hydrogen-bond acceptors (Lipinski definition) is 4. The Hall–Kier alpha value is -1.89. The summed E-state index contributed by atoms with van der Waals surface area (Å²) in [5, 5.41) is 7.67. The van der Waals surface area contributed by atoms with Gasteiger partial charge < -0.3 is 14.5 Å². The van der Waals surface area contributed by atoms with Crippen molar-refractivity contribution in [3.8, 4) is 0 Å². The van der Waals surface area contributed by atoms with Crippen molar-refractivity contribution < 1.29 is 14.3 Å². The van der Waals surface area contributed by atoms with Gasteiger partial charge in [0.1, 0.15) is 0 Å². The molecule has 0 radical (unpaired) electrons. The maximum Gasteiger partial charge on any atom is 0.226 e. The van der Waals surface area contributed by atoms with Gasteiger partial charge in [0.15, 0.2) is 0 Å². The molecule has 7 heteroatoms. The summed E-state index contributed by atoms with van der Waals surface area (Å²) < 4.78 is 5.84. The third-order valence-corrected chi connectivity index (χ3v) is 7.28. The van der Waals surface area contributed by atoms with Crippen molar-refractivity contribution in [2.24, 2.45) is 11.8 Å². The van der Waals surface area contributed by atoms with E-state index in [4.69, 9.17) is 4.74 Å². The van der Waals surface area contributed by atoms with E-state index in [0.29, 0.717) is 39.1 Å². The van der Waals surface area contributed by atoms with E-state index in [-0.39, 0.29) is 29.7 Å². The number of amides is 2. The van der Waals surface area contributed by atoms with Crippen LogP contribution in [0.2, 0.25) is 0 Å². The molecule has 158 valence electrons. The van der Waals surface area contributed by atoms with E-state index in [1.165, 1.54) is 24.1 Å². The fraction of sp³-hybridized carbons (Fsp3) is 0.773. The molecule has 2 amide bonds. The molecule has 2 bridgehead atoms. The predicted molar refractivity (Wildman–Crippen MR) is 107 cm³/mol. The van der Waals surface area contributed by atoms with E-state index in [9.17, 15) is 9.59 Å². The molecule has 2 aliphatic heterocycles. The highest BCUT2D eigenvalue weighted by molar-refractivity contribution is 5.80. The van der Waals surface area contributed by atoms with Gasteiger partial charge in [0.2, 0.25) is 11.8 Å². The lowest BCUT2D eigenvalue weighted by atomic mass is 9.84. The largest absolute Gasteiger partial charge is 0.379 e. The average Bonchev–Trinajstić information content (AvgIpc) is 2.85. The Labute approximate surface area is 172 Å². The number of fused-ring (bicyclic) bond motifs is 4. The summed E-state index contributed by atoms with van der Waals surface area (Å²) in [6.45, 7) is 3.22. The number of carbonyl (C=O) groups is 2. The highest BCUT2D eigenvalue weighted by Crippen LogP contribution is 2.31. The van der Waals surface area contributed by atoms with Gasteiger partial charge in [-0.15, -0.1) is 0 Å². The van der Waals surface area contributed by atoms with Crippen LogP contribution >= 0.6 is 0 Å². The van der Waals surface area contributed by atoms with Gasteiger partial charge in [-0.1, -0.05) is 6.42 Å². The Balaban J connectivity index is 1.23. The van der Waals surface area contributed by atoms with Crippen molar-refractivity contribution in [1.29, 1.82) is 0 Å². The molecule has 1 N–H and O–H groups in total. The van der Waals surface area contributed by atoms with Crippen LogP contribution < -0.4 is 0 Å². The molecule has 1 saturated carbocycles. The van der Waals surface area contributed by atoms with Gasteiger partial charge in [-0.2, -0.15) is 5.10 Å². The first-order chi connectivity index (χ1) is 14.2. The Bertz CT molecular complexity index is 772. The van der Waals surface area contributed by atoms with Crippen LogP contribution in [0.25, 0.3) is 0 Å². The van der Waals surface area contributed by atoms with E-state index in [1.807, 2.05) is 9.80 Å². The highest BCUT2D eigenvalue weighted by atomic mass is 16.5. The lowest BCUT2D eigenvalue weighted by molar-refractivity contribution is -0.142.